The first-order valence-electron chi connectivity index (χ1n) is 16.0. The number of rotatable bonds is 11. The number of nitrogens with zero attached hydrogens (tertiary/aromatic N) is 3. The second-order valence-electron chi connectivity index (χ2n) is 12.2. The number of esters is 1. The Balaban J connectivity index is 1.35. The van der Waals surface area contributed by atoms with Gasteiger partial charge in [0.05, 0.1) is 37.6 Å². The predicted molar refractivity (Wildman–Crippen MR) is 177 cm³/mol. The molecule has 2 heterocycles. The van der Waals surface area contributed by atoms with Gasteiger partial charge in [0.15, 0.2) is 11.5 Å². The topological polar surface area (TPSA) is 80.7 Å². The van der Waals surface area contributed by atoms with Crippen molar-refractivity contribution in [3.63, 3.8) is 0 Å². The summed E-state index contributed by atoms with van der Waals surface area (Å²) in [5.74, 6) is 1.31. The Kier molecular flexibility index (Phi) is 10.2. The van der Waals surface area contributed by atoms with Gasteiger partial charge < -0.3 is 24.0 Å². The largest absolute Gasteiger partial charge is 0.493 e. The Labute approximate surface area is 267 Å². The van der Waals surface area contributed by atoms with Gasteiger partial charge in [0.2, 0.25) is 0 Å². The highest BCUT2D eigenvalue weighted by molar-refractivity contribution is 6.15. The average molecular weight is 612 g/mol. The van der Waals surface area contributed by atoms with Gasteiger partial charge in [-0.25, -0.2) is 4.79 Å². The van der Waals surface area contributed by atoms with E-state index in [1.165, 1.54) is 5.56 Å². The number of ether oxygens (including phenoxy) is 3. The van der Waals surface area contributed by atoms with Crippen molar-refractivity contribution >= 4 is 17.6 Å². The third kappa shape index (κ3) is 7.06. The lowest BCUT2D eigenvalue weighted by Gasteiger charge is -2.39. The highest BCUT2D eigenvalue weighted by atomic mass is 16.5. The molecule has 0 N–H and O–H groups in total. The highest BCUT2D eigenvalue weighted by Gasteiger charge is 2.36. The molecule has 0 saturated carbocycles. The second kappa shape index (κ2) is 14.3. The Morgan fingerprint density at radius 1 is 1.00 bits per heavy atom. The Bertz CT molecular complexity index is 1520. The molecular formula is C37H45N3O5. The molecule has 2 aliphatic heterocycles. The van der Waals surface area contributed by atoms with Crippen LogP contribution >= 0.6 is 0 Å². The van der Waals surface area contributed by atoms with Gasteiger partial charge >= 0.3 is 5.97 Å². The molecule has 8 nitrogen and oxygen atoms in total. The number of fused-ring (bicyclic) bond motifs is 3. The number of likely N-dealkylation sites (N-methyl/N-ethyl adjacent to an activating group) is 1. The highest BCUT2D eigenvalue weighted by Crippen LogP contribution is 2.42. The number of aliphatic imine (C=N–C) groups is 1. The molecule has 1 fully saturated rings. The van der Waals surface area contributed by atoms with Gasteiger partial charge in [0.25, 0.3) is 5.91 Å². The number of carbonyl (C=O) groups excluding carboxylic acids is 2. The third-order valence-electron chi connectivity index (χ3n) is 8.81. The second-order valence-corrected chi connectivity index (χ2v) is 12.2. The maximum absolute atomic E-state index is 13.8. The minimum atomic E-state index is -0.355. The molecule has 1 unspecified atom stereocenters. The van der Waals surface area contributed by atoms with Crippen LogP contribution in [0, 0.1) is 0 Å². The predicted octanol–water partition coefficient (Wildman–Crippen LogP) is 6.22. The number of amides is 1. The van der Waals surface area contributed by atoms with Gasteiger partial charge in [0, 0.05) is 47.7 Å². The van der Waals surface area contributed by atoms with Crippen LogP contribution in [0.2, 0.25) is 0 Å². The molecule has 3 aromatic carbocycles. The Morgan fingerprint density at radius 3 is 2.40 bits per heavy atom. The molecule has 0 aromatic heterocycles. The van der Waals surface area contributed by atoms with Crippen LogP contribution in [0.15, 0.2) is 71.7 Å². The van der Waals surface area contributed by atoms with Gasteiger partial charge in [0.1, 0.15) is 0 Å². The molecule has 8 heteroatoms. The van der Waals surface area contributed by atoms with Crippen LogP contribution in [-0.4, -0.2) is 86.0 Å². The van der Waals surface area contributed by atoms with Crippen molar-refractivity contribution in [3.8, 4) is 11.5 Å². The Hall–Kier alpha value is -4.17. The fraction of sp³-hybridized carbons (Fsp3) is 0.432. The van der Waals surface area contributed by atoms with Crippen LogP contribution in [0.5, 0.6) is 11.5 Å². The van der Waals surface area contributed by atoms with E-state index in [0.29, 0.717) is 29.9 Å². The van der Waals surface area contributed by atoms with Crippen LogP contribution in [-0.2, 0) is 4.74 Å². The van der Waals surface area contributed by atoms with Gasteiger partial charge in [-0.05, 0) is 89.7 Å². The van der Waals surface area contributed by atoms with E-state index in [1.807, 2.05) is 75.1 Å². The molecule has 3 aromatic rings. The molecule has 0 bridgehead atoms. The lowest BCUT2D eigenvalue weighted by atomic mass is 9.79. The van der Waals surface area contributed by atoms with Crippen molar-refractivity contribution in [1.82, 2.24) is 9.80 Å². The first-order chi connectivity index (χ1) is 21.7. The summed E-state index contributed by atoms with van der Waals surface area (Å²) in [4.78, 5) is 35.7. The van der Waals surface area contributed by atoms with Crippen molar-refractivity contribution in [3.05, 3.63) is 94.5 Å². The van der Waals surface area contributed by atoms with Crippen LogP contribution in [0.4, 0.5) is 0 Å². The number of piperidine rings is 1. The summed E-state index contributed by atoms with van der Waals surface area (Å²) >= 11 is 0. The van der Waals surface area contributed by atoms with Gasteiger partial charge in [-0.3, -0.25) is 9.79 Å². The lowest BCUT2D eigenvalue weighted by molar-refractivity contribution is 0.0430. The zero-order valence-corrected chi connectivity index (χ0v) is 27.3. The summed E-state index contributed by atoms with van der Waals surface area (Å²) in [6.07, 6.45) is 1.52. The van der Waals surface area contributed by atoms with Crippen LogP contribution in [0.1, 0.15) is 83.9 Å². The molecule has 0 spiro atoms. The molecular weight excluding hydrogens is 566 g/mol. The quantitative estimate of drug-likeness (QED) is 0.240. The fourth-order valence-electron chi connectivity index (χ4n) is 6.53. The third-order valence-corrected chi connectivity index (χ3v) is 8.81. The van der Waals surface area contributed by atoms with E-state index in [9.17, 15) is 9.59 Å². The zero-order chi connectivity index (χ0) is 32.1. The number of benzene rings is 3. The number of methoxy groups -OCH3 is 1. The summed E-state index contributed by atoms with van der Waals surface area (Å²) < 4.78 is 17.2. The van der Waals surface area contributed by atoms with Gasteiger partial charge in [-0.2, -0.15) is 0 Å². The van der Waals surface area contributed by atoms with E-state index in [-0.39, 0.29) is 42.5 Å². The first-order valence-corrected chi connectivity index (χ1v) is 16.0. The number of carbonyl (C=O) groups is 2. The van der Waals surface area contributed by atoms with E-state index < -0.39 is 0 Å². The van der Waals surface area contributed by atoms with Crippen molar-refractivity contribution in [2.75, 3.05) is 40.5 Å². The summed E-state index contributed by atoms with van der Waals surface area (Å²) in [6, 6.07) is 21.0. The standard InChI is InChI=1S/C37H45N3O5/c1-7-44-34-21-29-30(22-33(34)43-6)35(38-32-17-19-39(5)23-31(29)32)26-13-15-27(16-14-26)36(41)40(24(2)3)25(4)18-20-45-37(42)28-11-9-8-10-12-28/h8-16,21-22,24-25,31-32H,7,17-20,23H2,1-6H3/t25?,31-,32-/m1/s1. The number of hydrogen-bond donors (Lipinski definition) is 0. The minimum absolute atomic E-state index is 0.0278. The molecule has 2 aliphatic rings. The van der Waals surface area contributed by atoms with Crippen LogP contribution < -0.4 is 9.47 Å². The average Bonchev–Trinajstić information content (AvgIpc) is 3.04. The SMILES string of the molecule is CCOc1cc2c(cc1OC)C(c1ccc(C(=O)N(C(C)C)C(C)CCOC(=O)c3ccccc3)cc1)=N[C@@H]1CCN(C)C[C@H]21. The fourth-order valence-corrected chi connectivity index (χ4v) is 6.53. The van der Waals surface area contributed by atoms with E-state index in [2.05, 4.69) is 24.1 Å². The maximum Gasteiger partial charge on any atom is 0.338 e. The van der Waals surface area contributed by atoms with Crippen LogP contribution in [0.3, 0.4) is 0 Å². The molecule has 1 amide bonds. The molecule has 45 heavy (non-hydrogen) atoms. The molecule has 0 radical (unpaired) electrons. The maximum atomic E-state index is 13.8. The van der Waals surface area contributed by atoms with E-state index in [1.54, 1.807) is 19.2 Å². The monoisotopic (exact) mass is 611 g/mol. The van der Waals surface area contributed by atoms with E-state index in [0.717, 1.165) is 42.1 Å². The first kappa shape index (κ1) is 32.2. The normalized spacial score (nSPS) is 18.3. The molecule has 5 rings (SSSR count). The summed E-state index contributed by atoms with van der Waals surface area (Å²) in [7, 11) is 3.83. The van der Waals surface area contributed by atoms with E-state index >= 15 is 0 Å². The summed E-state index contributed by atoms with van der Waals surface area (Å²) in [6.45, 7) is 10.7. The minimum Gasteiger partial charge on any atom is -0.493 e. The van der Waals surface area contributed by atoms with Crippen molar-refractivity contribution in [1.29, 1.82) is 0 Å². The van der Waals surface area contributed by atoms with Crippen molar-refractivity contribution in [2.24, 2.45) is 4.99 Å². The summed E-state index contributed by atoms with van der Waals surface area (Å²) in [5, 5.41) is 0. The van der Waals surface area contributed by atoms with Crippen LogP contribution in [0.25, 0.3) is 0 Å². The lowest BCUT2D eigenvalue weighted by Crippen LogP contribution is -2.44. The molecule has 3 atom stereocenters. The smallest absolute Gasteiger partial charge is 0.338 e. The van der Waals surface area contributed by atoms with E-state index in [4.69, 9.17) is 19.2 Å². The van der Waals surface area contributed by atoms with Gasteiger partial charge in [-0.15, -0.1) is 0 Å². The van der Waals surface area contributed by atoms with Crippen molar-refractivity contribution in [2.45, 2.75) is 64.6 Å². The number of likely N-dealkylation sites (tertiary alicyclic amines) is 1. The number of hydrogen-bond acceptors (Lipinski definition) is 7. The van der Waals surface area contributed by atoms with Crippen molar-refractivity contribution < 1.29 is 23.8 Å². The molecule has 238 valence electrons. The molecule has 0 aliphatic carbocycles. The molecule has 1 saturated heterocycles. The van der Waals surface area contributed by atoms with Gasteiger partial charge in [-0.1, -0.05) is 30.3 Å². The summed E-state index contributed by atoms with van der Waals surface area (Å²) in [5.41, 5.74) is 5.30. The zero-order valence-electron chi connectivity index (χ0n) is 27.3. The Morgan fingerprint density at radius 2 is 1.73 bits per heavy atom.